The van der Waals surface area contributed by atoms with Crippen LogP contribution in [0.1, 0.15) is 25.6 Å². The van der Waals surface area contributed by atoms with Crippen LogP contribution in [0.2, 0.25) is 0 Å². The van der Waals surface area contributed by atoms with Crippen molar-refractivity contribution in [3.05, 3.63) is 40.8 Å². The average Bonchev–Trinajstić information content (AvgIpc) is 2.85. The zero-order valence-electron chi connectivity index (χ0n) is 13.2. The molecule has 0 aromatic carbocycles. The highest BCUT2D eigenvalue weighted by atomic mass is 32.2. The highest BCUT2D eigenvalue weighted by Gasteiger charge is 2.20. The fourth-order valence-electron chi connectivity index (χ4n) is 1.69. The van der Waals surface area contributed by atoms with Gasteiger partial charge in [-0.05, 0) is 44.4 Å². The van der Waals surface area contributed by atoms with E-state index in [0.29, 0.717) is 6.54 Å². The van der Waals surface area contributed by atoms with Crippen LogP contribution >= 0.6 is 23.1 Å². The molecule has 118 valence electrons. The molecule has 0 saturated heterocycles. The van der Waals surface area contributed by atoms with E-state index in [4.69, 9.17) is 4.74 Å². The number of amides is 1. The fourth-order valence-corrected chi connectivity index (χ4v) is 3.69. The van der Waals surface area contributed by atoms with Gasteiger partial charge < -0.3 is 9.64 Å². The third-order valence-corrected chi connectivity index (χ3v) is 4.77. The second-order valence-corrected chi connectivity index (χ2v) is 7.95. The van der Waals surface area contributed by atoms with Crippen LogP contribution < -0.4 is 0 Å². The number of rotatable bonds is 4. The molecular formula is C16H20N2O2S2. The minimum atomic E-state index is -0.478. The monoisotopic (exact) mass is 336 g/mol. The van der Waals surface area contributed by atoms with Gasteiger partial charge >= 0.3 is 6.09 Å². The van der Waals surface area contributed by atoms with Crippen molar-refractivity contribution in [1.82, 2.24) is 9.88 Å². The number of nitrogens with zero attached hydrogens (tertiary/aromatic N) is 2. The molecule has 4 nitrogen and oxygen atoms in total. The van der Waals surface area contributed by atoms with Crippen molar-refractivity contribution in [2.45, 2.75) is 42.7 Å². The molecule has 0 fully saturated rings. The summed E-state index contributed by atoms with van der Waals surface area (Å²) in [5.74, 6) is 0. The van der Waals surface area contributed by atoms with Crippen molar-refractivity contribution >= 4 is 29.2 Å². The summed E-state index contributed by atoms with van der Waals surface area (Å²) in [4.78, 5) is 21.1. The first-order valence-corrected chi connectivity index (χ1v) is 8.63. The molecule has 0 radical (unpaired) electrons. The lowest BCUT2D eigenvalue weighted by atomic mass is 10.2. The second-order valence-electron chi connectivity index (χ2n) is 5.84. The van der Waals surface area contributed by atoms with E-state index < -0.39 is 5.60 Å². The Morgan fingerprint density at radius 1 is 1.41 bits per heavy atom. The smallest absolute Gasteiger partial charge is 0.410 e. The van der Waals surface area contributed by atoms with Gasteiger partial charge in [0.25, 0.3) is 0 Å². The number of thiophene rings is 1. The Morgan fingerprint density at radius 2 is 2.18 bits per heavy atom. The maximum Gasteiger partial charge on any atom is 0.410 e. The van der Waals surface area contributed by atoms with E-state index in [1.807, 2.05) is 44.5 Å². The zero-order valence-corrected chi connectivity index (χ0v) is 14.8. The number of aromatic nitrogens is 1. The Labute approximate surface area is 139 Å². The molecule has 1 amide bonds. The fraction of sp³-hybridized carbons (Fsp3) is 0.375. The maximum atomic E-state index is 12.0. The first-order chi connectivity index (χ1) is 10.3. The third-order valence-electron chi connectivity index (χ3n) is 2.65. The van der Waals surface area contributed by atoms with Crippen LogP contribution in [-0.4, -0.2) is 28.6 Å². The molecule has 6 heteroatoms. The summed E-state index contributed by atoms with van der Waals surface area (Å²) in [6.45, 7) is 6.14. The largest absolute Gasteiger partial charge is 0.444 e. The van der Waals surface area contributed by atoms with Crippen LogP contribution in [0.5, 0.6) is 0 Å². The molecule has 0 bridgehead atoms. The van der Waals surface area contributed by atoms with Gasteiger partial charge in [-0.15, -0.1) is 11.3 Å². The number of hydrogen-bond acceptors (Lipinski definition) is 5. The van der Waals surface area contributed by atoms with Gasteiger partial charge in [0.1, 0.15) is 5.60 Å². The first kappa shape index (κ1) is 16.8. The lowest BCUT2D eigenvalue weighted by molar-refractivity contribution is 0.0286. The minimum absolute atomic E-state index is 0.307. The predicted molar refractivity (Wildman–Crippen MR) is 90.4 cm³/mol. The summed E-state index contributed by atoms with van der Waals surface area (Å²) in [6, 6.07) is 6.01. The summed E-state index contributed by atoms with van der Waals surface area (Å²) in [5.41, 5.74) is -0.478. The summed E-state index contributed by atoms with van der Waals surface area (Å²) in [6.07, 6.45) is 3.29. The molecule has 0 saturated carbocycles. The average molecular weight is 336 g/mol. The molecule has 2 aromatic heterocycles. The van der Waals surface area contributed by atoms with E-state index in [-0.39, 0.29) is 6.09 Å². The Morgan fingerprint density at radius 3 is 2.82 bits per heavy atom. The molecular weight excluding hydrogens is 316 g/mol. The molecule has 0 aliphatic rings. The van der Waals surface area contributed by atoms with E-state index in [1.165, 1.54) is 0 Å². The molecule has 0 unspecified atom stereocenters. The summed E-state index contributed by atoms with van der Waals surface area (Å²) < 4.78 is 5.38. The van der Waals surface area contributed by atoms with Gasteiger partial charge in [0.05, 0.1) is 6.54 Å². The summed E-state index contributed by atoms with van der Waals surface area (Å²) >= 11 is 3.30. The zero-order chi connectivity index (χ0) is 16.2. The van der Waals surface area contributed by atoms with Crippen LogP contribution in [0.4, 0.5) is 4.79 Å². The SMILES string of the molecule is CN(Cc1sccc1Sc1cccnc1)C(=O)OC(C)(C)C. The topological polar surface area (TPSA) is 42.4 Å². The van der Waals surface area contributed by atoms with E-state index in [2.05, 4.69) is 11.1 Å². The normalized spacial score (nSPS) is 11.3. The summed E-state index contributed by atoms with van der Waals surface area (Å²) in [5, 5.41) is 2.04. The summed E-state index contributed by atoms with van der Waals surface area (Å²) in [7, 11) is 1.76. The number of pyridine rings is 1. The first-order valence-electron chi connectivity index (χ1n) is 6.93. The van der Waals surface area contributed by atoms with Crippen molar-refractivity contribution < 1.29 is 9.53 Å². The van der Waals surface area contributed by atoms with Gasteiger partial charge in [-0.1, -0.05) is 11.8 Å². The molecule has 0 aliphatic carbocycles. The van der Waals surface area contributed by atoms with Gasteiger partial charge in [-0.3, -0.25) is 4.98 Å². The Kier molecular flexibility index (Phi) is 5.47. The van der Waals surface area contributed by atoms with Gasteiger partial charge in [0.15, 0.2) is 0 Å². The highest BCUT2D eigenvalue weighted by Crippen LogP contribution is 2.33. The van der Waals surface area contributed by atoms with Crippen LogP contribution in [0.15, 0.2) is 45.8 Å². The van der Waals surface area contributed by atoms with Gasteiger partial charge in [-0.2, -0.15) is 0 Å². The van der Waals surface area contributed by atoms with Crippen molar-refractivity contribution in [3.8, 4) is 0 Å². The number of hydrogen-bond donors (Lipinski definition) is 0. The highest BCUT2D eigenvalue weighted by molar-refractivity contribution is 7.99. The molecule has 0 spiro atoms. The Bertz CT molecular complexity index is 621. The standard InChI is InChI=1S/C16H20N2O2S2/c1-16(2,3)20-15(19)18(4)11-14-13(7-9-21-14)22-12-6-5-8-17-10-12/h5-10H,11H2,1-4H3. The van der Waals surface area contributed by atoms with E-state index >= 15 is 0 Å². The Hall–Kier alpha value is -1.53. The van der Waals surface area contributed by atoms with Gasteiger partial charge in [0.2, 0.25) is 0 Å². The molecule has 0 atom stereocenters. The van der Waals surface area contributed by atoms with Crippen molar-refractivity contribution in [2.24, 2.45) is 0 Å². The van der Waals surface area contributed by atoms with Gasteiger partial charge in [-0.25, -0.2) is 4.79 Å². The molecule has 2 aromatic rings. The number of carbonyl (C=O) groups is 1. The predicted octanol–water partition coefficient (Wildman–Crippen LogP) is 4.66. The second kappa shape index (κ2) is 7.15. The van der Waals surface area contributed by atoms with Crippen LogP contribution in [-0.2, 0) is 11.3 Å². The molecule has 2 heterocycles. The van der Waals surface area contributed by atoms with Crippen molar-refractivity contribution in [3.63, 3.8) is 0 Å². The van der Waals surface area contributed by atoms with E-state index in [9.17, 15) is 4.79 Å². The lowest BCUT2D eigenvalue weighted by Gasteiger charge is -2.24. The van der Waals surface area contributed by atoms with E-state index in [1.54, 1.807) is 41.2 Å². The molecule has 0 N–H and O–H groups in total. The molecule has 2 rings (SSSR count). The number of ether oxygens (including phenoxy) is 1. The maximum absolute atomic E-state index is 12.0. The van der Waals surface area contributed by atoms with Crippen molar-refractivity contribution in [2.75, 3.05) is 7.05 Å². The van der Waals surface area contributed by atoms with E-state index in [0.717, 1.165) is 14.7 Å². The molecule has 22 heavy (non-hydrogen) atoms. The van der Waals surface area contributed by atoms with Crippen LogP contribution in [0.3, 0.4) is 0 Å². The van der Waals surface area contributed by atoms with Crippen LogP contribution in [0.25, 0.3) is 0 Å². The van der Waals surface area contributed by atoms with Crippen LogP contribution in [0, 0.1) is 0 Å². The minimum Gasteiger partial charge on any atom is -0.444 e. The van der Waals surface area contributed by atoms with Gasteiger partial charge in [0, 0.05) is 34.1 Å². The quantitative estimate of drug-likeness (QED) is 0.814. The molecule has 0 aliphatic heterocycles. The number of carbonyl (C=O) groups excluding carboxylic acids is 1. The lowest BCUT2D eigenvalue weighted by Crippen LogP contribution is -2.33. The van der Waals surface area contributed by atoms with Crippen molar-refractivity contribution in [1.29, 1.82) is 0 Å². The Balaban J connectivity index is 2.02. The third kappa shape index (κ3) is 5.03.